The van der Waals surface area contributed by atoms with Gasteiger partial charge < -0.3 is 4.57 Å². The standard InChI is InChI=1S/C54H32N4S/c1-2-11-33(12-3-1)34-21-26-38(27-22-34)57-47-29-24-37(32-44(47)41-28-23-35-13-4-5-14-39(35)53(41)57)36-25-30-48-43(31-36)40-15-6-8-18-46(40)58(48)54-55-45-17-10-20-50-51(45)52(56-54)42-16-7-9-19-49(42)59-50/h1-32H. The number of nitrogens with zero attached hydrogens (tertiary/aromatic N) is 4. The molecule has 9 aromatic carbocycles. The lowest BCUT2D eigenvalue weighted by atomic mass is 10.00. The lowest BCUT2D eigenvalue weighted by Crippen LogP contribution is -2.05. The van der Waals surface area contributed by atoms with Crippen molar-refractivity contribution in [2.24, 2.45) is 0 Å². The normalized spacial score (nSPS) is 12.3. The highest BCUT2D eigenvalue weighted by Gasteiger charge is 2.24. The van der Waals surface area contributed by atoms with E-state index < -0.39 is 0 Å². The van der Waals surface area contributed by atoms with Crippen molar-refractivity contribution in [1.82, 2.24) is 19.1 Å². The van der Waals surface area contributed by atoms with Crippen molar-refractivity contribution in [2.75, 3.05) is 0 Å². The van der Waals surface area contributed by atoms with Gasteiger partial charge in [0.05, 0.1) is 33.3 Å². The summed E-state index contributed by atoms with van der Waals surface area (Å²) in [5.74, 6) is 0.684. The van der Waals surface area contributed by atoms with E-state index in [1.165, 1.54) is 75.4 Å². The van der Waals surface area contributed by atoms with Crippen LogP contribution in [0.1, 0.15) is 0 Å². The quantitative estimate of drug-likeness (QED) is 0.179. The number of para-hydroxylation sites is 1. The van der Waals surface area contributed by atoms with Gasteiger partial charge >= 0.3 is 0 Å². The van der Waals surface area contributed by atoms with Crippen LogP contribution in [0.15, 0.2) is 204 Å². The summed E-state index contributed by atoms with van der Waals surface area (Å²) in [5.41, 5.74) is 13.6. The Morgan fingerprint density at radius 2 is 1.03 bits per heavy atom. The third-order valence-corrected chi connectivity index (χ3v) is 13.3. The molecule has 0 amide bonds. The zero-order chi connectivity index (χ0) is 38.6. The minimum Gasteiger partial charge on any atom is -0.309 e. The van der Waals surface area contributed by atoms with Crippen LogP contribution in [0.25, 0.3) is 110 Å². The molecule has 0 saturated heterocycles. The van der Waals surface area contributed by atoms with Crippen molar-refractivity contribution in [1.29, 1.82) is 0 Å². The maximum absolute atomic E-state index is 5.36. The Labute approximate surface area is 343 Å². The van der Waals surface area contributed by atoms with Gasteiger partial charge in [0.2, 0.25) is 5.95 Å². The summed E-state index contributed by atoms with van der Waals surface area (Å²) in [5, 5.41) is 8.42. The summed E-state index contributed by atoms with van der Waals surface area (Å²) in [7, 11) is 0. The molecule has 3 aromatic heterocycles. The number of rotatable bonds is 4. The largest absolute Gasteiger partial charge is 0.309 e. The summed E-state index contributed by atoms with van der Waals surface area (Å²) in [6.07, 6.45) is 0. The van der Waals surface area contributed by atoms with Gasteiger partial charge in [0.25, 0.3) is 0 Å². The van der Waals surface area contributed by atoms with Crippen LogP contribution in [0, 0.1) is 0 Å². The Kier molecular flexibility index (Phi) is 6.91. The summed E-state index contributed by atoms with van der Waals surface area (Å²) in [6.45, 7) is 0. The van der Waals surface area contributed by atoms with E-state index in [4.69, 9.17) is 9.97 Å². The molecule has 4 heterocycles. The average Bonchev–Trinajstić information content (AvgIpc) is 3.82. The van der Waals surface area contributed by atoms with Crippen LogP contribution in [0.4, 0.5) is 0 Å². The molecule has 13 rings (SSSR count). The summed E-state index contributed by atoms with van der Waals surface area (Å²) < 4.78 is 4.69. The third-order valence-electron chi connectivity index (χ3n) is 12.1. The Balaban J connectivity index is 0.994. The number of benzene rings is 9. The van der Waals surface area contributed by atoms with Crippen LogP contribution in [-0.4, -0.2) is 19.1 Å². The molecule has 0 radical (unpaired) electrons. The second-order valence-corrected chi connectivity index (χ2v) is 16.5. The highest BCUT2D eigenvalue weighted by Crippen LogP contribution is 2.47. The molecule has 0 atom stereocenters. The molecule has 0 bridgehead atoms. The van der Waals surface area contributed by atoms with Gasteiger partial charge in [0, 0.05) is 53.4 Å². The first-order chi connectivity index (χ1) is 29.2. The van der Waals surface area contributed by atoms with E-state index in [9.17, 15) is 0 Å². The van der Waals surface area contributed by atoms with E-state index in [0.29, 0.717) is 5.95 Å². The Bertz CT molecular complexity index is 3690. The molecule has 0 unspecified atom stereocenters. The third kappa shape index (κ3) is 4.86. The lowest BCUT2D eigenvalue weighted by molar-refractivity contribution is 1.01. The summed E-state index contributed by atoms with van der Waals surface area (Å²) >= 11 is 1.80. The van der Waals surface area contributed by atoms with Gasteiger partial charge in [-0.2, -0.15) is 0 Å². The Morgan fingerprint density at radius 3 is 1.88 bits per heavy atom. The first-order valence-electron chi connectivity index (χ1n) is 20.0. The smallest absolute Gasteiger partial charge is 0.235 e. The van der Waals surface area contributed by atoms with E-state index in [1.807, 2.05) is 0 Å². The molecule has 0 aliphatic carbocycles. The molecule has 59 heavy (non-hydrogen) atoms. The molecule has 0 saturated carbocycles. The molecule has 5 heteroatoms. The second-order valence-electron chi connectivity index (χ2n) is 15.4. The van der Waals surface area contributed by atoms with Gasteiger partial charge in [0.1, 0.15) is 0 Å². The Morgan fingerprint density at radius 1 is 0.390 bits per heavy atom. The molecule has 12 aromatic rings. The molecule has 4 nitrogen and oxygen atoms in total. The van der Waals surface area contributed by atoms with Gasteiger partial charge in [-0.25, -0.2) is 9.97 Å². The van der Waals surface area contributed by atoms with Crippen LogP contribution in [-0.2, 0) is 0 Å². The monoisotopic (exact) mass is 768 g/mol. The van der Waals surface area contributed by atoms with Crippen molar-refractivity contribution < 1.29 is 0 Å². The highest BCUT2D eigenvalue weighted by molar-refractivity contribution is 7.99. The number of aromatic nitrogens is 4. The van der Waals surface area contributed by atoms with Crippen LogP contribution in [0.3, 0.4) is 0 Å². The second kappa shape index (κ2) is 12.5. The SMILES string of the molecule is c1ccc(-c2ccc(-n3c4ccc(-c5ccc6c(c5)c5ccccc5n6-c5nc6c7c(cccc7n5)Sc5ccccc5-6)cc4c4ccc5ccccc5c43)cc2)cc1. The number of hydrogen-bond donors (Lipinski definition) is 0. The predicted molar refractivity (Wildman–Crippen MR) is 246 cm³/mol. The molecule has 1 aliphatic heterocycles. The van der Waals surface area contributed by atoms with Crippen molar-refractivity contribution in [3.63, 3.8) is 0 Å². The summed E-state index contributed by atoms with van der Waals surface area (Å²) in [4.78, 5) is 13.0. The van der Waals surface area contributed by atoms with Crippen molar-refractivity contribution in [3.05, 3.63) is 194 Å². The van der Waals surface area contributed by atoms with Gasteiger partial charge in [-0.1, -0.05) is 145 Å². The maximum Gasteiger partial charge on any atom is 0.235 e. The van der Waals surface area contributed by atoms with Crippen molar-refractivity contribution in [3.8, 4) is 45.1 Å². The fraction of sp³-hybridized carbons (Fsp3) is 0. The van der Waals surface area contributed by atoms with E-state index in [-0.39, 0.29) is 0 Å². The van der Waals surface area contributed by atoms with Crippen molar-refractivity contribution in [2.45, 2.75) is 9.79 Å². The minimum atomic E-state index is 0.684. The van der Waals surface area contributed by atoms with Gasteiger partial charge in [-0.3, -0.25) is 4.57 Å². The molecule has 274 valence electrons. The summed E-state index contributed by atoms with van der Waals surface area (Å²) in [6, 6.07) is 70.3. The zero-order valence-corrected chi connectivity index (χ0v) is 32.5. The number of hydrogen-bond acceptors (Lipinski definition) is 3. The molecule has 0 fully saturated rings. The van der Waals surface area contributed by atoms with Gasteiger partial charge in [0.15, 0.2) is 0 Å². The number of fused-ring (bicyclic) bond motifs is 10. The van der Waals surface area contributed by atoms with E-state index in [2.05, 4.69) is 203 Å². The van der Waals surface area contributed by atoms with Gasteiger partial charge in [-0.15, -0.1) is 0 Å². The molecule has 0 N–H and O–H groups in total. The van der Waals surface area contributed by atoms with E-state index in [0.717, 1.165) is 38.9 Å². The van der Waals surface area contributed by atoms with E-state index in [1.54, 1.807) is 11.8 Å². The fourth-order valence-electron chi connectivity index (χ4n) is 9.42. The average molecular weight is 769 g/mol. The Hall–Kier alpha value is -7.47. The highest BCUT2D eigenvalue weighted by atomic mass is 32.2. The van der Waals surface area contributed by atoms with Crippen LogP contribution in [0.5, 0.6) is 0 Å². The van der Waals surface area contributed by atoms with Crippen molar-refractivity contribution >= 4 is 77.0 Å². The van der Waals surface area contributed by atoms with Crippen LogP contribution < -0.4 is 0 Å². The topological polar surface area (TPSA) is 35.6 Å². The molecule has 1 aliphatic rings. The molecular weight excluding hydrogens is 737 g/mol. The first kappa shape index (κ1) is 32.6. The predicted octanol–water partition coefficient (Wildman–Crippen LogP) is 14.4. The van der Waals surface area contributed by atoms with Crippen LogP contribution >= 0.6 is 11.8 Å². The van der Waals surface area contributed by atoms with Gasteiger partial charge in [-0.05, 0) is 88.3 Å². The van der Waals surface area contributed by atoms with E-state index >= 15 is 0 Å². The fourth-order valence-corrected chi connectivity index (χ4v) is 10.5. The molecule has 0 spiro atoms. The molecular formula is C54H32N4S. The first-order valence-corrected chi connectivity index (χ1v) is 20.8. The van der Waals surface area contributed by atoms with Crippen LogP contribution in [0.2, 0.25) is 0 Å². The zero-order valence-electron chi connectivity index (χ0n) is 31.7. The lowest BCUT2D eigenvalue weighted by Gasteiger charge is -2.20. The minimum absolute atomic E-state index is 0.684. The maximum atomic E-state index is 5.36.